The van der Waals surface area contributed by atoms with Crippen molar-refractivity contribution >= 4 is 17.1 Å². The monoisotopic (exact) mass is 526 g/mol. The van der Waals surface area contributed by atoms with Crippen LogP contribution in [0.25, 0.3) is 11.2 Å². The van der Waals surface area contributed by atoms with Crippen molar-refractivity contribution in [2.45, 2.75) is 98.1 Å². The number of rotatable bonds is 15. The van der Waals surface area contributed by atoms with E-state index < -0.39 is 22.9 Å². The number of fused-ring (bicyclic) bond motifs is 1. The van der Waals surface area contributed by atoms with E-state index in [0.717, 1.165) is 36.7 Å². The number of hydrogen-bond acceptors (Lipinski definition) is 5. The number of carbonyl (C=O) groups is 1. The minimum Gasteiger partial charge on any atom is -0.441 e. The van der Waals surface area contributed by atoms with Gasteiger partial charge in [0.25, 0.3) is 5.56 Å². The molecular formula is C30H46N4O4. The van der Waals surface area contributed by atoms with Crippen molar-refractivity contribution in [2.24, 2.45) is 19.5 Å². The minimum atomic E-state index is -0.733. The molecule has 0 N–H and O–H groups in total. The zero-order valence-corrected chi connectivity index (χ0v) is 24.1. The lowest BCUT2D eigenvalue weighted by molar-refractivity contribution is -0.162. The molecule has 0 aromatic carbocycles. The maximum atomic E-state index is 12.9. The van der Waals surface area contributed by atoms with Crippen molar-refractivity contribution in [3.8, 4) is 0 Å². The summed E-state index contributed by atoms with van der Waals surface area (Å²) in [6.07, 6.45) is 23.7. The quantitative estimate of drug-likeness (QED) is 0.159. The van der Waals surface area contributed by atoms with Crippen molar-refractivity contribution < 1.29 is 9.53 Å². The normalized spacial score (nSPS) is 13.4. The maximum Gasteiger partial charge on any atom is 0.332 e. The number of allylic oxidation sites excluding steroid dienone is 6. The van der Waals surface area contributed by atoms with Crippen LogP contribution >= 0.6 is 0 Å². The lowest BCUT2D eigenvalue weighted by Gasteiger charge is -2.31. The van der Waals surface area contributed by atoms with Gasteiger partial charge in [0.05, 0.1) is 0 Å². The van der Waals surface area contributed by atoms with Gasteiger partial charge in [-0.1, -0.05) is 77.0 Å². The SMILES string of the molecule is CCCCC/C=C\C/C=C\C/C=C\CCCCC(=O)OC(n1cnc2c1c(=O)n(C)c(=O)n2C)C(C)(C)C. The van der Waals surface area contributed by atoms with Gasteiger partial charge in [-0.15, -0.1) is 0 Å². The Hall–Kier alpha value is -3.16. The van der Waals surface area contributed by atoms with Gasteiger partial charge in [-0.3, -0.25) is 23.3 Å². The number of aryl methyl sites for hydroxylation is 1. The standard InChI is InChI=1S/C30H46N4O4/c1-7-8-9-10-11-12-13-14-15-16-17-18-19-20-21-22-24(35)38-28(30(2,3)4)34-23-31-26-25(34)27(36)33(6)29(37)32(26)5/h11-12,14-15,17-18,23,28H,7-10,13,16,19-22H2,1-6H3/b12-11-,15-14-,18-17-. The van der Waals surface area contributed by atoms with Crippen molar-refractivity contribution in [1.29, 1.82) is 0 Å². The third-order valence-corrected chi connectivity index (χ3v) is 6.43. The summed E-state index contributed by atoms with van der Waals surface area (Å²) in [4.78, 5) is 42.1. The summed E-state index contributed by atoms with van der Waals surface area (Å²) >= 11 is 0. The summed E-state index contributed by atoms with van der Waals surface area (Å²) in [5.74, 6) is -0.317. The van der Waals surface area contributed by atoms with E-state index in [9.17, 15) is 14.4 Å². The van der Waals surface area contributed by atoms with E-state index in [0.29, 0.717) is 6.42 Å². The summed E-state index contributed by atoms with van der Waals surface area (Å²) in [6, 6.07) is 0. The van der Waals surface area contributed by atoms with E-state index >= 15 is 0 Å². The van der Waals surface area contributed by atoms with Gasteiger partial charge in [0.2, 0.25) is 0 Å². The Morgan fingerprint density at radius 3 is 2.08 bits per heavy atom. The first-order valence-corrected chi connectivity index (χ1v) is 13.9. The molecule has 8 heteroatoms. The van der Waals surface area contributed by atoms with E-state index in [1.54, 1.807) is 11.6 Å². The molecule has 0 spiro atoms. The lowest BCUT2D eigenvalue weighted by Crippen LogP contribution is -2.38. The van der Waals surface area contributed by atoms with Crippen molar-refractivity contribution in [3.05, 3.63) is 63.6 Å². The van der Waals surface area contributed by atoms with E-state index in [1.807, 2.05) is 20.8 Å². The fraction of sp³-hybridized carbons (Fsp3) is 0.600. The van der Waals surface area contributed by atoms with Crippen LogP contribution < -0.4 is 11.2 Å². The van der Waals surface area contributed by atoms with Crippen LogP contribution in [-0.4, -0.2) is 24.7 Å². The van der Waals surface area contributed by atoms with Gasteiger partial charge in [-0.25, -0.2) is 9.78 Å². The van der Waals surface area contributed by atoms with Crippen LogP contribution in [0.4, 0.5) is 0 Å². The summed E-state index contributed by atoms with van der Waals surface area (Å²) in [5, 5.41) is 0. The molecule has 2 aromatic heterocycles. The molecule has 2 rings (SSSR count). The van der Waals surface area contributed by atoms with Gasteiger partial charge < -0.3 is 4.74 Å². The Bertz CT molecular complexity index is 1240. The van der Waals surface area contributed by atoms with E-state index in [1.165, 1.54) is 43.6 Å². The molecule has 1 unspecified atom stereocenters. The summed E-state index contributed by atoms with van der Waals surface area (Å²) in [7, 11) is 3.00. The average molecular weight is 527 g/mol. The predicted molar refractivity (Wildman–Crippen MR) is 154 cm³/mol. The molecule has 0 saturated carbocycles. The second-order valence-corrected chi connectivity index (χ2v) is 10.9. The molecule has 0 amide bonds. The third-order valence-electron chi connectivity index (χ3n) is 6.43. The molecule has 0 bridgehead atoms. The first-order chi connectivity index (χ1) is 18.1. The number of imidazole rings is 1. The second kappa shape index (κ2) is 15.3. The fourth-order valence-electron chi connectivity index (χ4n) is 4.20. The fourth-order valence-corrected chi connectivity index (χ4v) is 4.20. The number of carbonyl (C=O) groups excluding carboxylic acids is 1. The van der Waals surface area contributed by atoms with Crippen LogP contribution in [0.3, 0.4) is 0 Å². The van der Waals surface area contributed by atoms with Gasteiger partial charge in [0.1, 0.15) is 6.33 Å². The summed E-state index contributed by atoms with van der Waals surface area (Å²) in [5.41, 5.74) is -0.906. The molecule has 0 aliphatic carbocycles. The molecule has 210 valence electrons. The van der Waals surface area contributed by atoms with Gasteiger partial charge in [-0.05, 0) is 44.9 Å². The Kier molecular flexibility index (Phi) is 12.5. The maximum absolute atomic E-state index is 12.9. The predicted octanol–water partition coefficient (Wildman–Crippen LogP) is 6.11. The molecule has 8 nitrogen and oxygen atoms in total. The Morgan fingerprint density at radius 2 is 1.50 bits per heavy atom. The molecular weight excluding hydrogens is 480 g/mol. The second-order valence-electron chi connectivity index (χ2n) is 10.9. The Balaban J connectivity index is 1.83. The lowest BCUT2D eigenvalue weighted by atomic mass is 9.94. The number of ether oxygens (including phenoxy) is 1. The molecule has 1 atom stereocenters. The summed E-state index contributed by atoms with van der Waals surface area (Å²) < 4.78 is 9.81. The number of esters is 1. The molecule has 0 radical (unpaired) electrons. The highest BCUT2D eigenvalue weighted by atomic mass is 16.6. The zero-order valence-electron chi connectivity index (χ0n) is 24.1. The van der Waals surface area contributed by atoms with Crippen LogP contribution in [0.1, 0.15) is 98.1 Å². The van der Waals surface area contributed by atoms with Crippen LogP contribution in [0.15, 0.2) is 52.4 Å². The summed E-state index contributed by atoms with van der Waals surface area (Å²) in [6.45, 7) is 8.03. The first kappa shape index (κ1) is 31.1. The van der Waals surface area contributed by atoms with Gasteiger partial charge >= 0.3 is 11.7 Å². The van der Waals surface area contributed by atoms with Crippen molar-refractivity contribution in [2.75, 3.05) is 0 Å². The van der Waals surface area contributed by atoms with Crippen LogP contribution in [0.2, 0.25) is 0 Å². The highest BCUT2D eigenvalue weighted by molar-refractivity contribution is 5.71. The third kappa shape index (κ3) is 8.99. The van der Waals surface area contributed by atoms with E-state index in [4.69, 9.17) is 4.74 Å². The molecule has 0 fully saturated rings. The van der Waals surface area contributed by atoms with Gasteiger partial charge in [0, 0.05) is 25.9 Å². The van der Waals surface area contributed by atoms with E-state index in [-0.39, 0.29) is 17.1 Å². The zero-order chi connectivity index (χ0) is 28.1. The molecule has 2 aromatic rings. The van der Waals surface area contributed by atoms with Crippen LogP contribution in [-0.2, 0) is 23.6 Å². The Labute approximate surface area is 226 Å². The number of nitrogens with zero attached hydrogens (tertiary/aromatic N) is 4. The highest BCUT2D eigenvalue weighted by Crippen LogP contribution is 2.33. The van der Waals surface area contributed by atoms with Crippen LogP contribution in [0.5, 0.6) is 0 Å². The van der Waals surface area contributed by atoms with Crippen molar-refractivity contribution in [1.82, 2.24) is 18.7 Å². The number of hydrogen-bond donors (Lipinski definition) is 0. The highest BCUT2D eigenvalue weighted by Gasteiger charge is 2.32. The topological polar surface area (TPSA) is 88.1 Å². The molecule has 0 aliphatic heterocycles. The largest absolute Gasteiger partial charge is 0.441 e. The van der Waals surface area contributed by atoms with Gasteiger partial charge in [0.15, 0.2) is 17.4 Å². The molecule has 2 heterocycles. The average Bonchev–Trinajstić information content (AvgIpc) is 3.31. The number of unbranched alkanes of at least 4 members (excludes halogenated alkanes) is 5. The first-order valence-electron chi connectivity index (χ1n) is 13.9. The Morgan fingerprint density at radius 1 is 0.921 bits per heavy atom. The molecule has 38 heavy (non-hydrogen) atoms. The molecule has 0 aliphatic rings. The van der Waals surface area contributed by atoms with Crippen LogP contribution in [0, 0.1) is 5.41 Å². The van der Waals surface area contributed by atoms with E-state index in [2.05, 4.69) is 48.4 Å². The minimum absolute atomic E-state index is 0.240. The smallest absolute Gasteiger partial charge is 0.332 e. The van der Waals surface area contributed by atoms with Gasteiger partial charge in [-0.2, -0.15) is 0 Å². The molecule has 0 saturated heterocycles. The number of aromatic nitrogens is 4. The van der Waals surface area contributed by atoms with Crippen molar-refractivity contribution in [3.63, 3.8) is 0 Å².